The molecule has 1 fully saturated rings. The number of hydrogen-bond acceptors (Lipinski definition) is 2. The van der Waals surface area contributed by atoms with E-state index in [-0.39, 0.29) is 26.1 Å². The van der Waals surface area contributed by atoms with E-state index in [9.17, 15) is 18.0 Å². The van der Waals surface area contributed by atoms with Crippen LogP contribution in [-0.2, 0) is 4.79 Å². The fourth-order valence-electron chi connectivity index (χ4n) is 1.98. The van der Waals surface area contributed by atoms with Crippen LogP contribution in [0, 0.1) is 17.8 Å². The van der Waals surface area contributed by atoms with Gasteiger partial charge in [-0.25, -0.2) is 0 Å². The van der Waals surface area contributed by atoms with Gasteiger partial charge in [0, 0.05) is 19.5 Å². The lowest BCUT2D eigenvalue weighted by atomic mass is 9.85. The second-order valence-electron chi connectivity index (χ2n) is 4.42. The topological polar surface area (TPSA) is 41.1 Å². The van der Waals surface area contributed by atoms with Crippen molar-refractivity contribution in [3.63, 3.8) is 0 Å². The fraction of sp³-hybridized carbons (Fsp3) is 0.750. The number of alkyl halides is 3. The Morgan fingerprint density at radius 2 is 2.17 bits per heavy atom. The number of carbonyl (C=O) groups is 1. The molecule has 1 saturated heterocycles. The third-order valence-electron chi connectivity index (χ3n) is 3.17. The number of terminal acetylenes is 1. The summed E-state index contributed by atoms with van der Waals surface area (Å²) in [5.41, 5.74) is -2.26. The largest absolute Gasteiger partial charge is 0.404 e. The van der Waals surface area contributed by atoms with E-state index in [1.54, 1.807) is 0 Å². The average molecular weight is 262 g/mol. The highest BCUT2D eigenvalue weighted by atomic mass is 19.4. The Bertz CT molecular complexity index is 327. The number of amides is 1. The Morgan fingerprint density at radius 1 is 1.44 bits per heavy atom. The number of halogens is 3. The minimum Gasteiger partial charge on any atom is -0.355 e. The molecule has 1 rings (SSSR count). The summed E-state index contributed by atoms with van der Waals surface area (Å²) in [6.45, 7) is 0.106. The minimum absolute atomic E-state index is 0.202. The Balaban J connectivity index is 2.50. The summed E-state index contributed by atoms with van der Waals surface area (Å²) in [5.74, 6) is 1.51. The van der Waals surface area contributed by atoms with E-state index in [4.69, 9.17) is 6.42 Å². The Hall–Kier alpha value is -1.22. The lowest BCUT2D eigenvalue weighted by Crippen LogP contribution is -2.52. The van der Waals surface area contributed by atoms with Gasteiger partial charge < -0.3 is 10.6 Å². The van der Waals surface area contributed by atoms with Crippen molar-refractivity contribution in [2.24, 2.45) is 5.41 Å². The van der Waals surface area contributed by atoms with Crippen molar-refractivity contribution >= 4 is 5.91 Å². The van der Waals surface area contributed by atoms with Crippen molar-refractivity contribution in [1.82, 2.24) is 10.6 Å². The molecule has 1 atom stereocenters. The summed E-state index contributed by atoms with van der Waals surface area (Å²) in [6.07, 6.45) is 2.21. The number of hydrogen-bond donors (Lipinski definition) is 2. The van der Waals surface area contributed by atoms with Gasteiger partial charge in [-0.2, -0.15) is 13.2 Å². The van der Waals surface area contributed by atoms with E-state index in [2.05, 4.69) is 16.6 Å². The molecule has 1 aliphatic heterocycles. The molecular formula is C12H17F3N2O. The highest BCUT2D eigenvalue weighted by molar-refractivity contribution is 5.84. The first-order valence-corrected chi connectivity index (χ1v) is 5.93. The van der Waals surface area contributed by atoms with Crippen molar-refractivity contribution in [2.45, 2.75) is 31.9 Å². The van der Waals surface area contributed by atoms with Gasteiger partial charge in [0.1, 0.15) is 0 Å². The molecule has 1 aliphatic rings. The average Bonchev–Trinajstić information content (AvgIpc) is 2.78. The van der Waals surface area contributed by atoms with E-state index in [0.29, 0.717) is 19.3 Å². The predicted molar refractivity (Wildman–Crippen MR) is 61.7 cm³/mol. The van der Waals surface area contributed by atoms with E-state index < -0.39 is 17.5 Å². The highest BCUT2D eigenvalue weighted by Crippen LogP contribution is 2.43. The quantitative estimate of drug-likeness (QED) is 0.581. The third-order valence-corrected chi connectivity index (χ3v) is 3.17. The van der Waals surface area contributed by atoms with Crippen molar-refractivity contribution < 1.29 is 18.0 Å². The molecule has 0 saturated carbocycles. The molecule has 0 aromatic carbocycles. The van der Waals surface area contributed by atoms with Gasteiger partial charge in [-0.1, -0.05) is 0 Å². The first-order valence-electron chi connectivity index (χ1n) is 5.93. The van der Waals surface area contributed by atoms with Gasteiger partial charge in [0.05, 0.1) is 0 Å². The van der Waals surface area contributed by atoms with Crippen LogP contribution in [-0.4, -0.2) is 31.7 Å². The number of carbonyl (C=O) groups excluding carboxylic acids is 1. The molecule has 1 amide bonds. The van der Waals surface area contributed by atoms with Crippen LogP contribution in [0.5, 0.6) is 0 Å². The first-order chi connectivity index (χ1) is 8.44. The van der Waals surface area contributed by atoms with Crippen LogP contribution in [0.2, 0.25) is 0 Å². The number of rotatable bonds is 5. The number of nitrogens with one attached hydrogen (secondary N) is 2. The summed E-state index contributed by atoms with van der Waals surface area (Å²) < 4.78 is 38.9. The maximum Gasteiger partial charge on any atom is 0.404 e. The standard InChI is InChI=1S/C12H17F3N2O/c1-2-3-4-5-7-17-10(18)11(12(13,14)15)6-8-16-9-11/h1,16H,3-9H2,(H,17,18). The summed E-state index contributed by atoms with van der Waals surface area (Å²) in [5, 5.41) is 4.97. The summed E-state index contributed by atoms with van der Waals surface area (Å²) in [4.78, 5) is 11.7. The molecule has 1 heterocycles. The van der Waals surface area contributed by atoms with Crippen molar-refractivity contribution in [2.75, 3.05) is 19.6 Å². The molecule has 0 aromatic rings. The molecule has 3 nitrogen and oxygen atoms in total. The highest BCUT2D eigenvalue weighted by Gasteiger charge is 2.61. The van der Waals surface area contributed by atoms with Crippen LogP contribution >= 0.6 is 0 Å². The predicted octanol–water partition coefficient (Wildman–Crippen LogP) is 1.45. The molecule has 0 aromatic heterocycles. The zero-order valence-corrected chi connectivity index (χ0v) is 10.1. The summed E-state index contributed by atoms with van der Waals surface area (Å²) in [6, 6.07) is 0. The lowest BCUT2D eigenvalue weighted by Gasteiger charge is -2.29. The zero-order chi connectivity index (χ0) is 13.6. The van der Waals surface area contributed by atoms with Crippen LogP contribution in [0.15, 0.2) is 0 Å². The maximum atomic E-state index is 13.0. The van der Waals surface area contributed by atoms with Gasteiger partial charge in [-0.05, 0) is 25.8 Å². The second kappa shape index (κ2) is 6.10. The SMILES string of the molecule is C#CCCCCNC(=O)C1(C(F)(F)F)CCNC1. The molecule has 2 N–H and O–H groups in total. The zero-order valence-electron chi connectivity index (χ0n) is 10.1. The van der Waals surface area contributed by atoms with Crippen molar-refractivity contribution in [3.05, 3.63) is 0 Å². The maximum absolute atomic E-state index is 13.0. The van der Waals surface area contributed by atoms with Crippen LogP contribution in [0.3, 0.4) is 0 Å². The van der Waals surface area contributed by atoms with Gasteiger partial charge in [-0.15, -0.1) is 12.3 Å². The third kappa shape index (κ3) is 3.16. The monoisotopic (exact) mass is 262 g/mol. The first kappa shape index (κ1) is 14.8. The summed E-state index contributed by atoms with van der Waals surface area (Å²) in [7, 11) is 0. The van der Waals surface area contributed by atoms with E-state index in [1.165, 1.54) is 0 Å². The molecule has 0 bridgehead atoms. The molecule has 0 aliphatic carbocycles. The van der Waals surface area contributed by atoms with Crippen LogP contribution in [0.1, 0.15) is 25.7 Å². The smallest absolute Gasteiger partial charge is 0.355 e. The normalized spacial score (nSPS) is 23.7. The minimum atomic E-state index is -4.51. The van der Waals surface area contributed by atoms with Gasteiger partial charge in [0.25, 0.3) is 0 Å². The van der Waals surface area contributed by atoms with E-state index in [1.807, 2.05) is 0 Å². The molecule has 0 spiro atoms. The Kier molecular flexibility index (Phi) is 5.03. The van der Waals surface area contributed by atoms with Crippen LogP contribution in [0.25, 0.3) is 0 Å². The fourth-order valence-corrected chi connectivity index (χ4v) is 1.98. The molecule has 18 heavy (non-hydrogen) atoms. The van der Waals surface area contributed by atoms with Gasteiger partial charge in [0.2, 0.25) is 5.91 Å². The molecule has 1 unspecified atom stereocenters. The lowest BCUT2D eigenvalue weighted by molar-refractivity contribution is -0.216. The van der Waals surface area contributed by atoms with Crippen molar-refractivity contribution in [3.8, 4) is 12.3 Å². The number of unbranched alkanes of at least 4 members (excludes halogenated alkanes) is 2. The molecule has 6 heteroatoms. The van der Waals surface area contributed by atoms with Crippen LogP contribution in [0.4, 0.5) is 13.2 Å². The summed E-state index contributed by atoms with van der Waals surface area (Å²) >= 11 is 0. The Labute approximate surface area is 105 Å². The molecular weight excluding hydrogens is 245 g/mol. The van der Waals surface area contributed by atoms with Gasteiger partial charge in [0.15, 0.2) is 5.41 Å². The molecule has 0 radical (unpaired) electrons. The molecule has 102 valence electrons. The Morgan fingerprint density at radius 3 is 2.67 bits per heavy atom. The van der Waals surface area contributed by atoms with E-state index in [0.717, 1.165) is 0 Å². The second-order valence-corrected chi connectivity index (χ2v) is 4.42. The van der Waals surface area contributed by atoms with Crippen molar-refractivity contribution in [1.29, 1.82) is 0 Å². The van der Waals surface area contributed by atoms with E-state index >= 15 is 0 Å². The van der Waals surface area contributed by atoms with Gasteiger partial charge in [-0.3, -0.25) is 4.79 Å². The van der Waals surface area contributed by atoms with Crippen LogP contribution < -0.4 is 10.6 Å². The van der Waals surface area contributed by atoms with Gasteiger partial charge >= 0.3 is 6.18 Å².